The number of ether oxygens (including phenoxy) is 1. The van der Waals surface area contributed by atoms with Crippen LogP contribution in [0.5, 0.6) is 5.75 Å². The van der Waals surface area contributed by atoms with E-state index in [1.165, 1.54) is 44.2 Å². The van der Waals surface area contributed by atoms with Crippen molar-refractivity contribution in [1.29, 1.82) is 0 Å². The van der Waals surface area contributed by atoms with Gasteiger partial charge in [0.25, 0.3) is 5.69 Å². The quantitative estimate of drug-likeness (QED) is 0.667. The largest absolute Gasteiger partial charge is 0.494 e. The fraction of sp³-hybridized carbons (Fsp3) is 0.571. The van der Waals surface area contributed by atoms with E-state index in [9.17, 15) is 10.1 Å². The second kappa shape index (κ2) is 4.40. The zero-order valence-electron chi connectivity index (χ0n) is 11.0. The van der Waals surface area contributed by atoms with Crippen molar-refractivity contribution in [2.45, 2.75) is 37.6 Å². The molecule has 1 aromatic carbocycles. The van der Waals surface area contributed by atoms with Crippen molar-refractivity contribution in [2.75, 3.05) is 12.4 Å². The van der Waals surface area contributed by atoms with Crippen LogP contribution >= 0.6 is 0 Å². The van der Waals surface area contributed by atoms with E-state index in [-0.39, 0.29) is 11.2 Å². The van der Waals surface area contributed by atoms with Gasteiger partial charge in [-0.15, -0.1) is 0 Å². The Morgan fingerprint density at radius 2 is 2.16 bits per heavy atom. The van der Waals surface area contributed by atoms with E-state index >= 15 is 0 Å². The maximum atomic E-state index is 10.8. The first-order valence-electron chi connectivity index (χ1n) is 6.72. The number of nitro groups is 1. The predicted octanol–water partition coefficient (Wildman–Crippen LogP) is 3.35. The highest BCUT2D eigenvalue weighted by Gasteiger charge is 2.45. The fourth-order valence-corrected chi connectivity index (χ4v) is 3.55. The maximum absolute atomic E-state index is 10.8. The lowest BCUT2D eigenvalue weighted by molar-refractivity contribution is -0.384. The third-order valence-electron chi connectivity index (χ3n) is 4.54. The second-order valence-corrected chi connectivity index (χ2v) is 5.69. The molecule has 2 aliphatic rings. The molecular weight excluding hydrogens is 244 g/mol. The Hall–Kier alpha value is -1.78. The first-order valence-corrected chi connectivity index (χ1v) is 6.72. The molecular formula is C14H18N2O3. The summed E-state index contributed by atoms with van der Waals surface area (Å²) in [4.78, 5) is 10.4. The number of nitrogens with one attached hydrogen (secondary N) is 1. The molecule has 5 nitrogen and oxygen atoms in total. The highest BCUT2D eigenvalue weighted by atomic mass is 16.6. The smallest absolute Gasteiger partial charge is 0.273 e. The SMILES string of the molecule is COc1cc([N+](=O)[O-])ccc1NC12CCC(CC1)C2. The molecule has 0 radical (unpaired) electrons. The van der Waals surface area contributed by atoms with Gasteiger partial charge in [-0.25, -0.2) is 0 Å². The summed E-state index contributed by atoms with van der Waals surface area (Å²) in [5, 5.41) is 14.4. The molecule has 0 saturated heterocycles. The van der Waals surface area contributed by atoms with Gasteiger partial charge < -0.3 is 10.1 Å². The average Bonchev–Trinajstić information content (AvgIpc) is 2.99. The minimum Gasteiger partial charge on any atom is -0.494 e. The molecule has 5 heteroatoms. The van der Waals surface area contributed by atoms with Crippen molar-refractivity contribution < 1.29 is 9.66 Å². The molecule has 3 rings (SSSR count). The molecule has 0 amide bonds. The zero-order valence-corrected chi connectivity index (χ0v) is 11.0. The third kappa shape index (κ3) is 2.13. The van der Waals surface area contributed by atoms with E-state index in [0.29, 0.717) is 5.75 Å². The molecule has 0 aliphatic heterocycles. The molecule has 19 heavy (non-hydrogen) atoms. The molecule has 2 aliphatic carbocycles. The number of non-ortho nitro benzene ring substituents is 1. The van der Waals surface area contributed by atoms with Crippen molar-refractivity contribution in [3.63, 3.8) is 0 Å². The Morgan fingerprint density at radius 1 is 1.42 bits per heavy atom. The number of fused-ring (bicyclic) bond motifs is 2. The number of methoxy groups -OCH3 is 1. The monoisotopic (exact) mass is 262 g/mol. The van der Waals surface area contributed by atoms with E-state index in [4.69, 9.17) is 4.74 Å². The van der Waals surface area contributed by atoms with E-state index in [1.54, 1.807) is 13.2 Å². The topological polar surface area (TPSA) is 64.4 Å². The molecule has 1 aromatic rings. The average molecular weight is 262 g/mol. The number of anilines is 1. The van der Waals surface area contributed by atoms with Crippen molar-refractivity contribution >= 4 is 11.4 Å². The molecule has 0 spiro atoms. The highest BCUT2D eigenvalue weighted by molar-refractivity contribution is 5.62. The van der Waals surface area contributed by atoms with Crippen LogP contribution in [0.25, 0.3) is 0 Å². The lowest BCUT2D eigenvalue weighted by Crippen LogP contribution is -2.33. The van der Waals surface area contributed by atoms with Crippen molar-refractivity contribution in [3.05, 3.63) is 28.3 Å². The number of hydrogen-bond donors (Lipinski definition) is 1. The van der Waals surface area contributed by atoms with Gasteiger partial charge in [-0.05, 0) is 44.1 Å². The van der Waals surface area contributed by atoms with Gasteiger partial charge >= 0.3 is 0 Å². The Balaban J connectivity index is 1.86. The van der Waals surface area contributed by atoms with Gasteiger partial charge in [0, 0.05) is 11.6 Å². The van der Waals surface area contributed by atoms with E-state index < -0.39 is 4.92 Å². The molecule has 102 valence electrons. The molecule has 0 heterocycles. The summed E-state index contributed by atoms with van der Waals surface area (Å²) in [6.45, 7) is 0. The number of benzene rings is 1. The van der Waals surface area contributed by atoms with Crippen LogP contribution in [0.4, 0.5) is 11.4 Å². The Morgan fingerprint density at radius 3 is 2.68 bits per heavy atom. The zero-order chi connectivity index (χ0) is 13.5. The van der Waals surface area contributed by atoms with Gasteiger partial charge in [0.1, 0.15) is 5.75 Å². The van der Waals surface area contributed by atoms with Crippen LogP contribution in [-0.4, -0.2) is 17.6 Å². The van der Waals surface area contributed by atoms with E-state index in [0.717, 1.165) is 11.6 Å². The number of nitro benzene ring substituents is 1. The van der Waals surface area contributed by atoms with Gasteiger partial charge in [0.05, 0.1) is 23.8 Å². The minimum absolute atomic E-state index is 0.0654. The Bertz CT molecular complexity index is 507. The minimum atomic E-state index is -0.397. The van der Waals surface area contributed by atoms with Crippen LogP contribution < -0.4 is 10.1 Å². The molecule has 0 aromatic heterocycles. The summed E-state index contributed by atoms with van der Waals surface area (Å²) in [6.07, 6.45) is 6.19. The lowest BCUT2D eigenvalue weighted by atomic mass is 9.93. The summed E-state index contributed by atoms with van der Waals surface area (Å²) in [6, 6.07) is 4.78. The van der Waals surface area contributed by atoms with Crippen molar-refractivity contribution in [1.82, 2.24) is 0 Å². The first-order chi connectivity index (χ1) is 9.12. The second-order valence-electron chi connectivity index (χ2n) is 5.69. The van der Waals surface area contributed by atoms with Gasteiger partial charge in [0.2, 0.25) is 0 Å². The number of rotatable bonds is 4. The summed E-state index contributed by atoms with van der Waals surface area (Å²) < 4.78 is 5.28. The van der Waals surface area contributed by atoms with E-state index in [2.05, 4.69) is 5.32 Å². The van der Waals surface area contributed by atoms with Crippen molar-refractivity contribution in [3.8, 4) is 5.75 Å². The molecule has 0 unspecified atom stereocenters. The van der Waals surface area contributed by atoms with Gasteiger partial charge in [-0.2, -0.15) is 0 Å². The summed E-state index contributed by atoms with van der Waals surface area (Å²) in [5.41, 5.74) is 1.12. The third-order valence-corrected chi connectivity index (χ3v) is 4.54. The standard InChI is InChI=1S/C14H18N2O3/c1-19-13-8-11(16(17)18)2-3-12(13)15-14-6-4-10(9-14)5-7-14/h2-3,8,10,15H,4-7,9H2,1H3. The summed E-state index contributed by atoms with van der Waals surface area (Å²) in [7, 11) is 1.55. The highest BCUT2D eigenvalue weighted by Crippen LogP contribution is 2.50. The van der Waals surface area contributed by atoms with Crippen LogP contribution in [0.3, 0.4) is 0 Å². The molecule has 2 bridgehead atoms. The normalized spacial score (nSPS) is 28.4. The first kappa shape index (κ1) is 12.3. The van der Waals surface area contributed by atoms with Crippen LogP contribution in [0.15, 0.2) is 18.2 Å². The Kier molecular flexibility index (Phi) is 2.84. The van der Waals surface area contributed by atoms with Crippen LogP contribution in [-0.2, 0) is 0 Å². The van der Waals surface area contributed by atoms with Crippen LogP contribution in [0, 0.1) is 16.0 Å². The molecule has 2 saturated carbocycles. The number of nitrogens with zero attached hydrogens (tertiary/aromatic N) is 1. The molecule has 1 N–H and O–H groups in total. The Labute approximate surface area is 112 Å². The van der Waals surface area contributed by atoms with Gasteiger partial charge in [0.15, 0.2) is 0 Å². The van der Waals surface area contributed by atoms with Gasteiger partial charge in [-0.3, -0.25) is 10.1 Å². The predicted molar refractivity (Wildman–Crippen MR) is 72.6 cm³/mol. The summed E-state index contributed by atoms with van der Waals surface area (Å²) >= 11 is 0. The van der Waals surface area contributed by atoms with Crippen LogP contribution in [0.1, 0.15) is 32.1 Å². The maximum Gasteiger partial charge on any atom is 0.273 e. The fourth-order valence-electron chi connectivity index (χ4n) is 3.55. The van der Waals surface area contributed by atoms with Crippen molar-refractivity contribution in [2.24, 2.45) is 5.92 Å². The number of hydrogen-bond acceptors (Lipinski definition) is 4. The van der Waals surface area contributed by atoms with E-state index in [1.807, 2.05) is 0 Å². The summed E-state index contributed by atoms with van der Waals surface area (Å²) in [5.74, 6) is 1.41. The van der Waals surface area contributed by atoms with Gasteiger partial charge in [-0.1, -0.05) is 0 Å². The molecule has 2 fully saturated rings. The lowest BCUT2D eigenvalue weighted by Gasteiger charge is -2.30. The molecule has 0 atom stereocenters. The van der Waals surface area contributed by atoms with Crippen LogP contribution in [0.2, 0.25) is 0 Å².